The third kappa shape index (κ3) is 3.92. The van der Waals surface area contributed by atoms with Gasteiger partial charge in [-0.05, 0) is 44.2 Å². The Hall–Kier alpha value is -4.04. The normalized spacial score (nSPS) is 13.9. The second-order valence-corrected chi connectivity index (χ2v) is 8.52. The molecule has 0 atom stereocenters. The van der Waals surface area contributed by atoms with E-state index in [0.717, 1.165) is 22.4 Å². The van der Waals surface area contributed by atoms with Crippen molar-refractivity contribution in [1.29, 1.82) is 0 Å². The maximum Gasteiger partial charge on any atom is 0.295 e. The van der Waals surface area contributed by atoms with Gasteiger partial charge in [-0.1, -0.05) is 35.4 Å². The van der Waals surface area contributed by atoms with Crippen molar-refractivity contribution in [3.8, 4) is 16.9 Å². The number of anilines is 1. The van der Waals surface area contributed by atoms with Gasteiger partial charge in [-0.25, -0.2) is 0 Å². The fourth-order valence-electron chi connectivity index (χ4n) is 4.53. The molecule has 1 fully saturated rings. The first-order chi connectivity index (χ1) is 16.4. The molecular formula is C26H24N4O4. The number of morpholine rings is 1. The minimum Gasteiger partial charge on any atom is -0.378 e. The van der Waals surface area contributed by atoms with E-state index in [1.807, 2.05) is 38.1 Å². The van der Waals surface area contributed by atoms with E-state index in [-0.39, 0.29) is 11.4 Å². The van der Waals surface area contributed by atoms with Crippen LogP contribution in [0.3, 0.4) is 0 Å². The van der Waals surface area contributed by atoms with Gasteiger partial charge >= 0.3 is 0 Å². The summed E-state index contributed by atoms with van der Waals surface area (Å²) in [6.07, 6.45) is 0. The zero-order valence-electron chi connectivity index (χ0n) is 19.0. The molecular weight excluding hydrogens is 432 g/mol. The molecule has 0 amide bonds. The summed E-state index contributed by atoms with van der Waals surface area (Å²) in [6.45, 7) is 6.52. The van der Waals surface area contributed by atoms with Crippen LogP contribution >= 0.6 is 0 Å². The smallest absolute Gasteiger partial charge is 0.295 e. The van der Waals surface area contributed by atoms with Crippen LogP contribution in [0.1, 0.15) is 11.1 Å². The average molecular weight is 457 g/mol. The van der Waals surface area contributed by atoms with Gasteiger partial charge in [0.2, 0.25) is 0 Å². The highest BCUT2D eigenvalue weighted by Crippen LogP contribution is 2.31. The first kappa shape index (κ1) is 21.8. The number of aromatic nitrogens is 2. The van der Waals surface area contributed by atoms with Crippen LogP contribution in [0, 0.1) is 24.0 Å². The summed E-state index contributed by atoms with van der Waals surface area (Å²) in [4.78, 5) is 27.1. The van der Waals surface area contributed by atoms with E-state index >= 15 is 0 Å². The Morgan fingerprint density at radius 3 is 2.29 bits per heavy atom. The number of nitro benzene ring substituents is 1. The number of hydrogen-bond donors (Lipinski definition) is 0. The number of hydrogen-bond acceptors (Lipinski definition) is 6. The summed E-state index contributed by atoms with van der Waals surface area (Å²) in [5, 5.41) is 17.8. The van der Waals surface area contributed by atoms with Crippen molar-refractivity contribution in [2.45, 2.75) is 13.8 Å². The van der Waals surface area contributed by atoms with Crippen molar-refractivity contribution >= 4 is 22.1 Å². The number of nitrogens with zero attached hydrogens (tertiary/aromatic N) is 4. The highest BCUT2D eigenvalue weighted by molar-refractivity contribution is 5.94. The minimum atomic E-state index is -0.474. The molecule has 34 heavy (non-hydrogen) atoms. The van der Waals surface area contributed by atoms with Crippen LogP contribution in [-0.4, -0.2) is 41.0 Å². The van der Waals surface area contributed by atoms with Crippen LogP contribution in [0.5, 0.6) is 0 Å². The molecule has 4 aromatic rings. The molecule has 3 aromatic carbocycles. The number of fused-ring (bicyclic) bond motifs is 1. The molecule has 5 rings (SSSR count). The van der Waals surface area contributed by atoms with Gasteiger partial charge in [0.05, 0.1) is 29.2 Å². The van der Waals surface area contributed by atoms with Gasteiger partial charge < -0.3 is 9.64 Å². The maximum atomic E-state index is 13.6. The van der Waals surface area contributed by atoms with Crippen LogP contribution in [0.2, 0.25) is 0 Å². The number of rotatable bonds is 4. The molecule has 0 spiro atoms. The topological polar surface area (TPSA) is 90.5 Å². The second-order valence-electron chi connectivity index (χ2n) is 8.52. The molecule has 1 saturated heterocycles. The Morgan fingerprint density at radius 2 is 1.62 bits per heavy atom. The van der Waals surface area contributed by atoms with Crippen molar-refractivity contribution < 1.29 is 9.66 Å². The Labute approximate surface area is 196 Å². The third-order valence-electron chi connectivity index (χ3n) is 6.06. The zero-order valence-corrected chi connectivity index (χ0v) is 19.0. The average Bonchev–Trinajstić information content (AvgIpc) is 2.84. The largest absolute Gasteiger partial charge is 0.378 e. The van der Waals surface area contributed by atoms with Crippen molar-refractivity contribution in [3.63, 3.8) is 0 Å². The number of nitro groups is 1. The highest BCUT2D eigenvalue weighted by atomic mass is 16.6. The molecule has 0 bridgehead atoms. The lowest BCUT2D eigenvalue weighted by Crippen LogP contribution is -2.36. The van der Waals surface area contributed by atoms with E-state index in [2.05, 4.69) is 11.0 Å². The monoisotopic (exact) mass is 456 g/mol. The Morgan fingerprint density at radius 1 is 0.941 bits per heavy atom. The molecule has 172 valence electrons. The van der Waals surface area contributed by atoms with Crippen molar-refractivity contribution in [1.82, 2.24) is 9.78 Å². The predicted molar refractivity (Wildman–Crippen MR) is 132 cm³/mol. The fraction of sp³-hybridized carbons (Fsp3) is 0.231. The van der Waals surface area contributed by atoms with Crippen molar-refractivity contribution in [2.75, 3.05) is 31.2 Å². The molecule has 8 nitrogen and oxygen atoms in total. The minimum absolute atomic E-state index is 0.148. The van der Waals surface area contributed by atoms with Crippen LogP contribution in [-0.2, 0) is 4.74 Å². The Bertz CT molecular complexity index is 1450. The van der Waals surface area contributed by atoms with E-state index in [1.165, 1.54) is 10.7 Å². The van der Waals surface area contributed by atoms with E-state index < -0.39 is 10.5 Å². The first-order valence-electron chi connectivity index (χ1n) is 11.1. The maximum absolute atomic E-state index is 13.6. The molecule has 2 heterocycles. The summed E-state index contributed by atoms with van der Waals surface area (Å²) >= 11 is 0. The lowest BCUT2D eigenvalue weighted by molar-refractivity contribution is -0.384. The molecule has 0 aliphatic carbocycles. The van der Waals surface area contributed by atoms with Gasteiger partial charge in [0, 0.05) is 35.8 Å². The molecule has 0 unspecified atom stereocenters. The molecule has 8 heteroatoms. The summed E-state index contributed by atoms with van der Waals surface area (Å²) in [5.74, 6) is 0. The molecule has 0 N–H and O–H groups in total. The number of ether oxygens (including phenoxy) is 1. The fourth-order valence-corrected chi connectivity index (χ4v) is 4.53. The van der Waals surface area contributed by atoms with Gasteiger partial charge in [-0.15, -0.1) is 0 Å². The SMILES string of the molecule is Cc1cc(C)cc(-c2nn(-c3cc(N4CCOCC4)ccc3[N+](=O)[O-])c(=O)c3ccccc23)c1. The summed E-state index contributed by atoms with van der Waals surface area (Å²) in [7, 11) is 0. The lowest BCUT2D eigenvalue weighted by Gasteiger charge is -2.29. The van der Waals surface area contributed by atoms with Crippen molar-refractivity contribution in [3.05, 3.63) is 92.3 Å². The summed E-state index contributed by atoms with van der Waals surface area (Å²) < 4.78 is 6.61. The number of benzene rings is 3. The van der Waals surface area contributed by atoms with Crippen LogP contribution in [0.25, 0.3) is 27.7 Å². The van der Waals surface area contributed by atoms with Crippen LogP contribution in [0.4, 0.5) is 11.4 Å². The summed E-state index contributed by atoms with van der Waals surface area (Å²) in [6, 6.07) is 18.2. The molecule has 0 radical (unpaired) electrons. The van der Waals surface area contributed by atoms with Gasteiger partial charge in [0.25, 0.3) is 11.2 Å². The Kier molecular flexibility index (Phi) is 5.59. The highest BCUT2D eigenvalue weighted by Gasteiger charge is 2.23. The molecule has 0 saturated carbocycles. The zero-order chi connectivity index (χ0) is 23.8. The van der Waals surface area contributed by atoms with E-state index in [1.54, 1.807) is 24.3 Å². The van der Waals surface area contributed by atoms with E-state index in [9.17, 15) is 14.9 Å². The van der Waals surface area contributed by atoms with Gasteiger partial charge in [-0.3, -0.25) is 14.9 Å². The standard InChI is InChI=1S/C26H24N4O4/c1-17-13-18(2)15-19(14-17)25-21-5-3-4-6-22(21)26(31)29(27-25)24-16-20(7-8-23(24)30(32)33)28-9-11-34-12-10-28/h3-8,13-16H,9-12H2,1-2H3. The van der Waals surface area contributed by atoms with Gasteiger partial charge in [-0.2, -0.15) is 9.78 Å². The second kappa shape index (κ2) is 8.72. The molecule has 1 aromatic heterocycles. The van der Waals surface area contributed by atoms with Crippen LogP contribution < -0.4 is 10.5 Å². The quantitative estimate of drug-likeness (QED) is 0.334. The number of aryl methyl sites for hydroxylation is 2. The molecule has 1 aliphatic rings. The van der Waals surface area contributed by atoms with E-state index in [0.29, 0.717) is 42.8 Å². The molecule has 1 aliphatic heterocycles. The van der Waals surface area contributed by atoms with Crippen molar-refractivity contribution in [2.24, 2.45) is 0 Å². The van der Waals surface area contributed by atoms with E-state index in [4.69, 9.17) is 9.84 Å². The summed E-state index contributed by atoms with van der Waals surface area (Å²) in [5.41, 5.74) is 3.97. The first-order valence-corrected chi connectivity index (χ1v) is 11.1. The predicted octanol–water partition coefficient (Wildman–Crippen LogP) is 4.41. The van der Waals surface area contributed by atoms with Crippen LogP contribution in [0.15, 0.2) is 65.5 Å². The van der Waals surface area contributed by atoms with Gasteiger partial charge in [0.15, 0.2) is 0 Å². The van der Waals surface area contributed by atoms with Gasteiger partial charge in [0.1, 0.15) is 5.69 Å². The lowest BCUT2D eigenvalue weighted by atomic mass is 10.0. The third-order valence-corrected chi connectivity index (χ3v) is 6.06. The Balaban J connectivity index is 1.80.